The van der Waals surface area contributed by atoms with Crippen molar-refractivity contribution >= 4 is 40.5 Å². The predicted octanol–water partition coefficient (Wildman–Crippen LogP) is 3.13. The zero-order valence-corrected chi connectivity index (χ0v) is 14.2. The number of halogens is 1. The Morgan fingerprint density at radius 2 is 2.12 bits per heavy atom. The van der Waals surface area contributed by atoms with E-state index >= 15 is 0 Å². The summed E-state index contributed by atoms with van der Waals surface area (Å²) in [6.45, 7) is -0.111. The Bertz CT molecular complexity index is 763. The highest BCUT2D eigenvalue weighted by Gasteiger charge is 2.23. The minimum Gasteiger partial charge on any atom is -0.452 e. The van der Waals surface area contributed by atoms with Crippen molar-refractivity contribution in [3.8, 4) is 0 Å². The molecule has 1 aromatic carbocycles. The fraction of sp³-hybridized carbons (Fsp3) is 0.200. The fourth-order valence-corrected chi connectivity index (χ4v) is 2.71. The van der Waals surface area contributed by atoms with E-state index in [-0.39, 0.29) is 10.6 Å². The minimum absolute atomic E-state index is 0.129. The van der Waals surface area contributed by atoms with Gasteiger partial charge in [-0.2, -0.15) is 11.3 Å². The monoisotopic (exact) mass is 368 g/mol. The number of nitro benzene ring substituents is 1. The number of ether oxygens (including phenoxy) is 1. The van der Waals surface area contributed by atoms with E-state index in [4.69, 9.17) is 16.3 Å². The van der Waals surface area contributed by atoms with Gasteiger partial charge in [0.1, 0.15) is 5.56 Å². The molecule has 9 heteroatoms. The minimum atomic E-state index is -0.948. The highest BCUT2D eigenvalue weighted by molar-refractivity contribution is 7.07. The second-order valence-electron chi connectivity index (χ2n) is 4.88. The average molecular weight is 369 g/mol. The van der Waals surface area contributed by atoms with Crippen LogP contribution in [0, 0.1) is 10.1 Å². The van der Waals surface area contributed by atoms with Crippen molar-refractivity contribution in [2.45, 2.75) is 6.54 Å². The number of likely N-dealkylation sites (N-methyl/N-ethyl adjacent to an activating group) is 1. The molecule has 0 aliphatic carbocycles. The first-order chi connectivity index (χ1) is 11.4. The van der Waals surface area contributed by atoms with Crippen LogP contribution in [0.3, 0.4) is 0 Å². The van der Waals surface area contributed by atoms with Crippen LogP contribution in [0.15, 0.2) is 35.0 Å². The van der Waals surface area contributed by atoms with Crippen LogP contribution in [-0.4, -0.2) is 35.4 Å². The molecule has 7 nitrogen and oxygen atoms in total. The summed E-state index contributed by atoms with van der Waals surface area (Å²) in [4.78, 5) is 35.6. The molecular weight excluding hydrogens is 356 g/mol. The number of nitrogens with zero attached hydrogens (tertiary/aromatic N) is 2. The molecule has 0 atom stereocenters. The van der Waals surface area contributed by atoms with E-state index < -0.39 is 29.1 Å². The Morgan fingerprint density at radius 1 is 1.38 bits per heavy atom. The molecule has 126 valence electrons. The molecular formula is C15H13ClN2O5S. The van der Waals surface area contributed by atoms with Gasteiger partial charge < -0.3 is 9.64 Å². The van der Waals surface area contributed by atoms with E-state index in [1.54, 1.807) is 7.05 Å². The first-order valence-corrected chi connectivity index (χ1v) is 8.06. The van der Waals surface area contributed by atoms with Crippen LogP contribution >= 0.6 is 22.9 Å². The number of carbonyl (C=O) groups is 2. The van der Waals surface area contributed by atoms with Crippen LogP contribution in [0.1, 0.15) is 15.9 Å². The molecule has 0 radical (unpaired) electrons. The summed E-state index contributed by atoms with van der Waals surface area (Å²) >= 11 is 7.20. The zero-order chi connectivity index (χ0) is 17.7. The molecule has 1 amide bonds. The van der Waals surface area contributed by atoms with Gasteiger partial charge in [0.2, 0.25) is 0 Å². The van der Waals surface area contributed by atoms with Crippen molar-refractivity contribution in [2.24, 2.45) is 0 Å². The molecule has 0 aliphatic heterocycles. The summed E-state index contributed by atoms with van der Waals surface area (Å²) in [6.07, 6.45) is 0. The van der Waals surface area contributed by atoms with Gasteiger partial charge in [-0.25, -0.2) is 4.79 Å². The number of thiophene rings is 1. The molecule has 0 saturated heterocycles. The highest BCUT2D eigenvalue weighted by atomic mass is 35.5. The Hall–Kier alpha value is -2.45. The molecule has 0 fully saturated rings. The zero-order valence-electron chi connectivity index (χ0n) is 12.6. The number of carbonyl (C=O) groups excluding carboxylic acids is 2. The maximum atomic E-state index is 12.0. The second kappa shape index (κ2) is 7.89. The Balaban J connectivity index is 1.98. The van der Waals surface area contributed by atoms with Crippen molar-refractivity contribution in [3.05, 3.63) is 61.3 Å². The van der Waals surface area contributed by atoms with Crippen molar-refractivity contribution in [1.82, 2.24) is 4.90 Å². The summed E-state index contributed by atoms with van der Waals surface area (Å²) in [5.41, 5.74) is 0.250. The van der Waals surface area contributed by atoms with Gasteiger partial charge in [0.25, 0.3) is 11.6 Å². The lowest BCUT2D eigenvalue weighted by Crippen LogP contribution is -2.30. The Labute approximate surface area is 146 Å². The van der Waals surface area contributed by atoms with Crippen LogP contribution in [0.2, 0.25) is 5.02 Å². The number of hydrogen-bond donors (Lipinski definition) is 0. The van der Waals surface area contributed by atoms with E-state index in [0.717, 1.165) is 11.6 Å². The highest BCUT2D eigenvalue weighted by Crippen LogP contribution is 2.23. The summed E-state index contributed by atoms with van der Waals surface area (Å²) in [5, 5.41) is 14.9. The van der Waals surface area contributed by atoms with E-state index in [0.29, 0.717) is 6.54 Å². The normalized spacial score (nSPS) is 10.2. The van der Waals surface area contributed by atoms with Crippen LogP contribution in [0.25, 0.3) is 0 Å². The largest absolute Gasteiger partial charge is 0.452 e. The van der Waals surface area contributed by atoms with Gasteiger partial charge in [-0.05, 0) is 34.5 Å². The van der Waals surface area contributed by atoms with Gasteiger partial charge in [0.05, 0.1) is 4.92 Å². The summed E-state index contributed by atoms with van der Waals surface area (Å²) < 4.78 is 4.89. The summed E-state index contributed by atoms with van der Waals surface area (Å²) in [5.74, 6) is -1.36. The molecule has 0 aliphatic rings. The van der Waals surface area contributed by atoms with Gasteiger partial charge in [-0.3, -0.25) is 14.9 Å². The summed E-state index contributed by atoms with van der Waals surface area (Å²) in [7, 11) is 1.58. The molecule has 0 spiro atoms. The molecule has 1 aromatic heterocycles. The lowest BCUT2D eigenvalue weighted by Gasteiger charge is -2.16. The molecule has 0 saturated carbocycles. The molecule has 2 rings (SSSR count). The van der Waals surface area contributed by atoms with E-state index in [9.17, 15) is 19.7 Å². The SMILES string of the molecule is CN(Cc1ccsc1)C(=O)COC(=O)c1ccc(Cl)cc1[N+](=O)[O-]. The molecule has 0 N–H and O–H groups in total. The number of benzene rings is 1. The topological polar surface area (TPSA) is 89.8 Å². The predicted molar refractivity (Wildman–Crippen MR) is 89.2 cm³/mol. The van der Waals surface area contributed by atoms with Gasteiger partial charge in [0, 0.05) is 24.7 Å². The third kappa shape index (κ3) is 4.53. The third-order valence-electron chi connectivity index (χ3n) is 3.13. The van der Waals surface area contributed by atoms with E-state index in [1.165, 1.54) is 28.4 Å². The maximum absolute atomic E-state index is 12.0. The molecule has 0 bridgehead atoms. The third-order valence-corrected chi connectivity index (χ3v) is 4.10. The summed E-state index contributed by atoms with van der Waals surface area (Å²) in [6, 6.07) is 5.48. The first kappa shape index (κ1) is 17.9. The smallest absolute Gasteiger partial charge is 0.345 e. The van der Waals surface area contributed by atoms with Gasteiger partial charge in [-0.15, -0.1) is 0 Å². The Morgan fingerprint density at radius 3 is 2.75 bits per heavy atom. The fourth-order valence-electron chi connectivity index (χ4n) is 1.89. The van der Waals surface area contributed by atoms with Crippen molar-refractivity contribution in [2.75, 3.05) is 13.7 Å². The number of hydrogen-bond acceptors (Lipinski definition) is 6. The molecule has 2 aromatic rings. The standard InChI is InChI=1S/C15H13ClN2O5S/c1-17(7-10-4-5-24-9-10)14(19)8-23-15(20)12-3-2-11(16)6-13(12)18(21)22/h2-6,9H,7-8H2,1H3. The Kier molecular flexibility index (Phi) is 5.88. The van der Waals surface area contributed by atoms with Gasteiger partial charge >= 0.3 is 5.97 Å². The lowest BCUT2D eigenvalue weighted by molar-refractivity contribution is -0.385. The van der Waals surface area contributed by atoms with Gasteiger partial charge in [-0.1, -0.05) is 11.6 Å². The number of esters is 1. The molecule has 24 heavy (non-hydrogen) atoms. The number of rotatable bonds is 6. The maximum Gasteiger partial charge on any atom is 0.345 e. The van der Waals surface area contributed by atoms with Crippen molar-refractivity contribution in [1.29, 1.82) is 0 Å². The number of nitro groups is 1. The van der Waals surface area contributed by atoms with E-state index in [1.807, 2.05) is 16.8 Å². The number of amides is 1. The first-order valence-electron chi connectivity index (χ1n) is 6.74. The van der Waals surface area contributed by atoms with Crippen molar-refractivity contribution in [3.63, 3.8) is 0 Å². The average Bonchev–Trinajstić information content (AvgIpc) is 3.04. The van der Waals surface area contributed by atoms with E-state index in [2.05, 4.69) is 0 Å². The van der Waals surface area contributed by atoms with Crippen LogP contribution in [0.4, 0.5) is 5.69 Å². The van der Waals surface area contributed by atoms with Crippen LogP contribution in [0.5, 0.6) is 0 Å². The van der Waals surface area contributed by atoms with Crippen LogP contribution < -0.4 is 0 Å². The second-order valence-corrected chi connectivity index (χ2v) is 6.09. The quantitative estimate of drug-likeness (QED) is 0.444. The lowest BCUT2D eigenvalue weighted by atomic mass is 10.2. The molecule has 0 unspecified atom stereocenters. The van der Waals surface area contributed by atoms with Crippen molar-refractivity contribution < 1.29 is 19.2 Å². The van der Waals surface area contributed by atoms with Crippen LogP contribution in [-0.2, 0) is 16.1 Å². The van der Waals surface area contributed by atoms with Gasteiger partial charge in [0.15, 0.2) is 6.61 Å². The molecule has 1 heterocycles.